The lowest BCUT2D eigenvalue weighted by Gasteiger charge is -2.23. The average Bonchev–Trinajstić information content (AvgIpc) is 2.42. The molecule has 0 spiro atoms. The molecule has 0 aliphatic rings. The number of carbonyl (C=O) groups excluding carboxylic acids is 2. The number of hydrogen-bond acceptors (Lipinski definition) is 5. The quantitative estimate of drug-likeness (QED) is 0.240. The van der Waals surface area contributed by atoms with Crippen LogP contribution in [0, 0.1) is 0 Å². The van der Waals surface area contributed by atoms with E-state index in [2.05, 4.69) is 10.6 Å². The molecule has 9 heteroatoms. The molecule has 0 fully saturated rings. The first-order valence-corrected chi connectivity index (χ1v) is 7.24. The molecule has 9 nitrogen and oxygen atoms in total. The zero-order valence-electron chi connectivity index (χ0n) is 13.9. The summed E-state index contributed by atoms with van der Waals surface area (Å²) in [5.74, 6) is -1.14. The van der Waals surface area contributed by atoms with Gasteiger partial charge in [0.25, 0.3) is 6.47 Å². The van der Waals surface area contributed by atoms with E-state index in [0.29, 0.717) is 13.0 Å². The van der Waals surface area contributed by atoms with Crippen molar-refractivity contribution >= 4 is 24.3 Å². The normalized spacial score (nSPS) is 11.0. The molecule has 4 N–H and O–H groups in total. The lowest BCUT2D eigenvalue weighted by atomic mass is 10.1. The van der Waals surface area contributed by atoms with Gasteiger partial charge in [-0.15, -0.1) is 0 Å². The number of likely N-dealkylation sites (N-methyl/N-ethyl adjacent to an activating group) is 1. The Labute approximate surface area is 136 Å². The van der Waals surface area contributed by atoms with E-state index in [9.17, 15) is 14.4 Å². The highest BCUT2D eigenvalue weighted by Gasteiger charge is 2.19. The largest absolute Gasteiger partial charge is 0.483 e. The molecule has 2 amide bonds. The van der Waals surface area contributed by atoms with Crippen LogP contribution in [-0.2, 0) is 19.2 Å². The molecule has 0 aliphatic heterocycles. The lowest BCUT2D eigenvalue weighted by molar-refractivity contribution is -0.137. The maximum absolute atomic E-state index is 11.9. The molecular weight excluding hydrogens is 308 g/mol. The standard InChI is InChI=1S/C13H25N3O4.CH2O2/c1-10(17)14-8-5-4-6-11(16(2)3)13(20)15-9-7-12(18)19;2-1-3/h11H,4-9H2,1-3H3,(H,14,17)(H,15,20)(H,18,19);1H,(H,2,3)/i1+1,10+1;. The number of carbonyl (C=O) groups is 4. The smallest absolute Gasteiger partial charge is 0.305 e. The first-order valence-electron chi connectivity index (χ1n) is 7.24. The average molecular weight is 335 g/mol. The van der Waals surface area contributed by atoms with Crippen molar-refractivity contribution in [3.63, 3.8) is 0 Å². The van der Waals surface area contributed by atoms with Crippen molar-refractivity contribution in [1.29, 1.82) is 0 Å². The Kier molecular flexibility index (Phi) is 14.8. The first kappa shape index (κ1) is 23.1. The summed E-state index contributed by atoms with van der Waals surface area (Å²) in [6, 6.07) is -0.277. The summed E-state index contributed by atoms with van der Waals surface area (Å²) < 4.78 is 0. The maximum Gasteiger partial charge on any atom is 0.305 e. The highest BCUT2D eigenvalue weighted by Crippen LogP contribution is 2.06. The van der Waals surface area contributed by atoms with Gasteiger partial charge in [-0.05, 0) is 33.4 Å². The van der Waals surface area contributed by atoms with Crippen LogP contribution in [0.4, 0.5) is 0 Å². The molecule has 0 rings (SSSR count). The van der Waals surface area contributed by atoms with Crippen LogP contribution in [0.2, 0.25) is 0 Å². The van der Waals surface area contributed by atoms with Crippen LogP contribution in [0.5, 0.6) is 0 Å². The number of nitrogens with one attached hydrogen (secondary N) is 2. The fourth-order valence-electron chi connectivity index (χ4n) is 1.76. The highest BCUT2D eigenvalue weighted by atomic mass is 16.4. The minimum absolute atomic E-state index is 0.0550. The first-order chi connectivity index (χ1) is 10.8. The van der Waals surface area contributed by atoms with Crippen LogP contribution in [0.15, 0.2) is 0 Å². The number of hydrogen-bond donors (Lipinski definition) is 4. The van der Waals surface area contributed by atoms with Crippen molar-refractivity contribution in [3.05, 3.63) is 0 Å². The van der Waals surface area contributed by atoms with Gasteiger partial charge in [0.05, 0.1) is 12.5 Å². The van der Waals surface area contributed by atoms with Crippen LogP contribution in [0.3, 0.4) is 0 Å². The van der Waals surface area contributed by atoms with Gasteiger partial charge < -0.3 is 20.8 Å². The molecule has 1 atom stereocenters. The van der Waals surface area contributed by atoms with E-state index < -0.39 is 5.97 Å². The van der Waals surface area contributed by atoms with Crippen LogP contribution >= 0.6 is 0 Å². The number of aliphatic carboxylic acids is 1. The van der Waals surface area contributed by atoms with E-state index in [0.717, 1.165) is 12.8 Å². The topological polar surface area (TPSA) is 136 Å². The number of amides is 2. The monoisotopic (exact) mass is 335 g/mol. The minimum Gasteiger partial charge on any atom is -0.483 e. The number of unbranched alkanes of at least 4 members (excludes halogenated alkanes) is 1. The Morgan fingerprint density at radius 3 is 2.13 bits per heavy atom. The molecule has 0 bridgehead atoms. The van der Waals surface area contributed by atoms with Crippen LogP contribution in [0.1, 0.15) is 32.6 Å². The molecule has 134 valence electrons. The van der Waals surface area contributed by atoms with Gasteiger partial charge >= 0.3 is 5.97 Å². The van der Waals surface area contributed by atoms with Crippen LogP contribution < -0.4 is 10.6 Å². The fraction of sp³-hybridized carbons (Fsp3) is 0.714. The Morgan fingerprint density at radius 1 is 1.13 bits per heavy atom. The van der Waals surface area contributed by atoms with E-state index in [1.807, 2.05) is 19.0 Å². The molecule has 0 saturated heterocycles. The molecule has 0 saturated carbocycles. The Hall–Kier alpha value is -2.16. The second-order valence-corrected chi connectivity index (χ2v) is 5.00. The number of carboxylic acid groups (broad SMARTS) is 2. The van der Waals surface area contributed by atoms with Crippen molar-refractivity contribution in [1.82, 2.24) is 15.5 Å². The van der Waals surface area contributed by atoms with Gasteiger partial charge in [-0.3, -0.25) is 24.1 Å². The number of nitrogens with zero attached hydrogens (tertiary/aromatic N) is 1. The van der Waals surface area contributed by atoms with E-state index >= 15 is 0 Å². The minimum atomic E-state index is -0.929. The summed E-state index contributed by atoms with van der Waals surface area (Å²) >= 11 is 0. The summed E-state index contributed by atoms with van der Waals surface area (Å²) in [5.41, 5.74) is 0. The van der Waals surface area contributed by atoms with Crippen molar-refractivity contribution in [2.45, 2.75) is 38.6 Å². The van der Waals surface area contributed by atoms with Gasteiger partial charge in [0.15, 0.2) is 0 Å². The zero-order chi connectivity index (χ0) is 18.3. The lowest BCUT2D eigenvalue weighted by Crippen LogP contribution is -2.44. The van der Waals surface area contributed by atoms with Gasteiger partial charge in [0.2, 0.25) is 11.8 Å². The molecule has 0 aliphatic carbocycles. The molecule has 23 heavy (non-hydrogen) atoms. The predicted octanol–water partition coefficient (Wildman–Crippen LogP) is -0.485. The third-order valence-corrected chi connectivity index (χ3v) is 2.84. The summed E-state index contributed by atoms with van der Waals surface area (Å²) in [6.45, 7) is 1.97. The number of carboxylic acids is 1. The van der Waals surface area contributed by atoms with Crippen molar-refractivity contribution in [2.75, 3.05) is 27.2 Å². The number of rotatable bonds is 10. The second-order valence-electron chi connectivity index (χ2n) is 5.00. The fourth-order valence-corrected chi connectivity index (χ4v) is 1.76. The summed E-state index contributed by atoms with van der Waals surface area (Å²) in [5, 5.41) is 20.7. The predicted molar refractivity (Wildman–Crippen MR) is 84.0 cm³/mol. The summed E-state index contributed by atoms with van der Waals surface area (Å²) in [6.07, 6.45) is 2.22. The second kappa shape index (κ2) is 14.8. The van der Waals surface area contributed by atoms with Gasteiger partial charge in [-0.1, -0.05) is 0 Å². The summed E-state index contributed by atoms with van der Waals surface area (Å²) in [7, 11) is 3.63. The van der Waals surface area contributed by atoms with Crippen molar-refractivity contribution in [2.24, 2.45) is 0 Å². The van der Waals surface area contributed by atoms with E-state index in [1.165, 1.54) is 6.92 Å². The molecule has 0 aromatic rings. The third kappa shape index (κ3) is 16.0. The SMILES string of the molecule is CN(C)C(CCCCN[13C]([13CH3])=O)C(=O)NCCC(=O)O.O=CO. The molecule has 0 radical (unpaired) electrons. The third-order valence-electron chi connectivity index (χ3n) is 2.84. The van der Waals surface area contributed by atoms with Gasteiger partial charge in [0.1, 0.15) is 0 Å². The van der Waals surface area contributed by atoms with Crippen molar-refractivity contribution < 1.29 is 29.4 Å². The molecular formula is C14H27N3O6. The van der Waals surface area contributed by atoms with E-state index in [-0.39, 0.29) is 37.3 Å². The molecule has 0 aromatic carbocycles. The Balaban J connectivity index is 0. The Bertz CT molecular complexity index is 374. The molecule has 0 heterocycles. The molecule has 1 unspecified atom stereocenters. The van der Waals surface area contributed by atoms with E-state index in [4.69, 9.17) is 15.0 Å². The van der Waals surface area contributed by atoms with Gasteiger partial charge in [-0.2, -0.15) is 0 Å². The zero-order valence-corrected chi connectivity index (χ0v) is 13.9. The van der Waals surface area contributed by atoms with Crippen LogP contribution in [0.25, 0.3) is 0 Å². The van der Waals surface area contributed by atoms with Gasteiger partial charge in [-0.25, -0.2) is 0 Å². The van der Waals surface area contributed by atoms with Crippen LogP contribution in [-0.4, -0.2) is 72.6 Å². The summed E-state index contributed by atoms with van der Waals surface area (Å²) in [4.78, 5) is 43.2. The molecule has 0 aromatic heterocycles. The Morgan fingerprint density at radius 2 is 1.70 bits per heavy atom. The van der Waals surface area contributed by atoms with Gasteiger partial charge in [0, 0.05) is 20.0 Å². The van der Waals surface area contributed by atoms with Crippen molar-refractivity contribution in [3.8, 4) is 0 Å². The highest BCUT2D eigenvalue weighted by molar-refractivity contribution is 5.82. The maximum atomic E-state index is 11.9. The van der Waals surface area contributed by atoms with E-state index in [1.54, 1.807) is 0 Å².